The second-order valence-corrected chi connectivity index (χ2v) is 10.9. The third-order valence-corrected chi connectivity index (χ3v) is 7.33. The molecule has 0 aliphatic carbocycles. The Labute approximate surface area is 210 Å². The van der Waals surface area contributed by atoms with Gasteiger partial charge in [-0.3, -0.25) is 14.4 Å². The number of likely N-dealkylation sites (tertiary alicyclic amines) is 1. The van der Waals surface area contributed by atoms with Gasteiger partial charge in [0.2, 0.25) is 11.8 Å². The number of amides is 2. The summed E-state index contributed by atoms with van der Waals surface area (Å²) in [6.07, 6.45) is 8.86. The summed E-state index contributed by atoms with van der Waals surface area (Å²) in [5.74, 6) is -0.590. The predicted octanol–water partition coefficient (Wildman–Crippen LogP) is 4.00. The number of hydrogen-bond donors (Lipinski definition) is 2. The number of fused-ring (bicyclic) bond motifs is 1. The minimum Gasteiger partial charge on any atom is -0.465 e. The molecule has 1 saturated heterocycles. The maximum absolute atomic E-state index is 12.3. The van der Waals surface area contributed by atoms with Crippen molar-refractivity contribution in [2.75, 3.05) is 13.2 Å². The standard InChI is InChI=1S/C28H43N3O4/c1-28(2,16-7-6-10-21-11-8-12-22-18-30-19-23(21)22)20-35-26(33)15-5-3-4-14-25(32)31-17-9-13-24(31)27(29)34/h8,11-12,24,30H,3-7,9-10,13-20H2,1-2H3,(H2,29,34). The molecule has 0 bridgehead atoms. The van der Waals surface area contributed by atoms with Gasteiger partial charge in [-0.2, -0.15) is 0 Å². The topological polar surface area (TPSA) is 102 Å². The number of unbranched alkanes of at least 4 members (excludes halogenated alkanes) is 3. The molecular weight excluding hydrogens is 442 g/mol. The van der Waals surface area contributed by atoms with Gasteiger partial charge >= 0.3 is 5.97 Å². The van der Waals surface area contributed by atoms with E-state index in [1.165, 1.54) is 16.7 Å². The highest BCUT2D eigenvalue weighted by molar-refractivity contribution is 5.87. The predicted molar refractivity (Wildman–Crippen MR) is 136 cm³/mol. The first-order valence-corrected chi connectivity index (χ1v) is 13.3. The monoisotopic (exact) mass is 485 g/mol. The smallest absolute Gasteiger partial charge is 0.305 e. The van der Waals surface area contributed by atoms with Gasteiger partial charge in [-0.1, -0.05) is 44.9 Å². The Morgan fingerprint density at radius 1 is 1.09 bits per heavy atom. The van der Waals surface area contributed by atoms with Gasteiger partial charge in [0.05, 0.1) is 6.61 Å². The van der Waals surface area contributed by atoms with Gasteiger partial charge in [-0.25, -0.2) is 0 Å². The molecule has 7 heteroatoms. The third-order valence-electron chi connectivity index (χ3n) is 7.33. The zero-order valence-electron chi connectivity index (χ0n) is 21.6. The van der Waals surface area contributed by atoms with Crippen LogP contribution >= 0.6 is 0 Å². The summed E-state index contributed by atoms with van der Waals surface area (Å²) in [6, 6.07) is 6.18. The second kappa shape index (κ2) is 13.1. The van der Waals surface area contributed by atoms with E-state index in [0.717, 1.165) is 51.6 Å². The molecule has 0 radical (unpaired) electrons. The highest BCUT2D eigenvalue weighted by Crippen LogP contribution is 2.26. The minimum absolute atomic E-state index is 0.0102. The van der Waals surface area contributed by atoms with Crippen LogP contribution in [0.25, 0.3) is 0 Å². The van der Waals surface area contributed by atoms with Gasteiger partial charge in [0.15, 0.2) is 0 Å². The lowest BCUT2D eigenvalue weighted by Crippen LogP contribution is -2.43. The Hall–Kier alpha value is -2.41. The van der Waals surface area contributed by atoms with Crippen LogP contribution in [0.4, 0.5) is 0 Å². The van der Waals surface area contributed by atoms with Crippen molar-refractivity contribution in [3.05, 3.63) is 34.9 Å². The highest BCUT2D eigenvalue weighted by atomic mass is 16.5. The van der Waals surface area contributed by atoms with Gasteiger partial charge in [-0.15, -0.1) is 0 Å². The van der Waals surface area contributed by atoms with E-state index < -0.39 is 11.9 Å². The lowest BCUT2D eigenvalue weighted by Gasteiger charge is -2.24. The van der Waals surface area contributed by atoms with Crippen molar-refractivity contribution >= 4 is 17.8 Å². The number of nitrogens with zero attached hydrogens (tertiary/aromatic N) is 1. The number of ether oxygens (including phenoxy) is 1. The van der Waals surface area contributed by atoms with Gasteiger partial charge in [-0.05, 0) is 67.1 Å². The number of carbonyl (C=O) groups excluding carboxylic acids is 3. The van der Waals surface area contributed by atoms with Crippen LogP contribution in [0.3, 0.4) is 0 Å². The molecule has 194 valence electrons. The third kappa shape index (κ3) is 8.34. The molecule has 0 saturated carbocycles. The van der Waals surface area contributed by atoms with E-state index in [-0.39, 0.29) is 17.3 Å². The lowest BCUT2D eigenvalue weighted by molar-refractivity contribution is -0.147. The van der Waals surface area contributed by atoms with Crippen LogP contribution in [0.1, 0.15) is 94.7 Å². The number of aryl methyl sites for hydroxylation is 1. The first-order chi connectivity index (χ1) is 16.8. The Morgan fingerprint density at radius 3 is 2.69 bits per heavy atom. The maximum atomic E-state index is 12.3. The zero-order chi connectivity index (χ0) is 25.3. The number of nitrogens with one attached hydrogen (secondary N) is 1. The molecule has 0 aromatic heterocycles. The molecule has 1 aromatic carbocycles. The molecular formula is C28H43N3O4. The Morgan fingerprint density at radius 2 is 1.89 bits per heavy atom. The SMILES string of the molecule is CC(C)(CCCCc1cccc2c1CNC2)COC(=O)CCCCCC(=O)N1CCCC1C(N)=O. The van der Waals surface area contributed by atoms with Crippen molar-refractivity contribution in [3.8, 4) is 0 Å². The van der Waals surface area contributed by atoms with Gasteiger partial charge < -0.3 is 20.7 Å². The van der Waals surface area contributed by atoms with Crippen LogP contribution in [0.15, 0.2) is 18.2 Å². The Balaban J connectivity index is 1.23. The summed E-state index contributed by atoms with van der Waals surface area (Å²) in [5.41, 5.74) is 9.73. The van der Waals surface area contributed by atoms with Gasteiger partial charge in [0.1, 0.15) is 6.04 Å². The minimum atomic E-state index is -0.447. The number of benzene rings is 1. The van der Waals surface area contributed by atoms with Crippen molar-refractivity contribution in [2.45, 2.75) is 104 Å². The molecule has 0 spiro atoms. The molecule has 2 amide bonds. The number of primary amides is 1. The summed E-state index contributed by atoms with van der Waals surface area (Å²) >= 11 is 0. The first-order valence-electron chi connectivity index (χ1n) is 13.3. The summed E-state index contributed by atoms with van der Waals surface area (Å²) in [4.78, 5) is 37.6. The fourth-order valence-corrected chi connectivity index (χ4v) is 5.20. The molecule has 35 heavy (non-hydrogen) atoms. The second-order valence-electron chi connectivity index (χ2n) is 10.9. The van der Waals surface area contributed by atoms with Crippen molar-refractivity contribution in [1.82, 2.24) is 10.2 Å². The largest absolute Gasteiger partial charge is 0.465 e. The fraction of sp³-hybridized carbons (Fsp3) is 0.679. The molecule has 1 aromatic rings. The molecule has 3 rings (SSSR count). The van der Waals surface area contributed by atoms with E-state index in [1.54, 1.807) is 4.90 Å². The van der Waals surface area contributed by atoms with Gasteiger partial charge in [0, 0.05) is 32.5 Å². The fourth-order valence-electron chi connectivity index (χ4n) is 5.20. The molecule has 1 atom stereocenters. The van der Waals surface area contributed by atoms with E-state index in [0.29, 0.717) is 45.3 Å². The molecule has 2 aliphatic heterocycles. The summed E-state index contributed by atoms with van der Waals surface area (Å²) < 4.78 is 5.56. The van der Waals surface area contributed by atoms with Crippen molar-refractivity contribution in [3.63, 3.8) is 0 Å². The van der Waals surface area contributed by atoms with Crippen LogP contribution in [0.5, 0.6) is 0 Å². The molecule has 3 N–H and O–H groups in total. The van der Waals surface area contributed by atoms with Gasteiger partial charge in [0.25, 0.3) is 0 Å². The Kier molecular flexibility index (Phi) is 10.1. The van der Waals surface area contributed by atoms with E-state index in [9.17, 15) is 14.4 Å². The van der Waals surface area contributed by atoms with Crippen LogP contribution in [0, 0.1) is 5.41 Å². The van der Waals surface area contributed by atoms with Crippen LogP contribution in [-0.4, -0.2) is 41.9 Å². The molecule has 2 aliphatic rings. The molecule has 1 fully saturated rings. The van der Waals surface area contributed by atoms with Crippen molar-refractivity contribution in [1.29, 1.82) is 0 Å². The van der Waals surface area contributed by atoms with Crippen molar-refractivity contribution in [2.24, 2.45) is 11.1 Å². The zero-order valence-corrected chi connectivity index (χ0v) is 21.6. The number of nitrogens with two attached hydrogens (primary N) is 1. The first kappa shape index (κ1) is 27.2. The highest BCUT2D eigenvalue weighted by Gasteiger charge is 2.32. The normalized spacial score (nSPS) is 17.4. The maximum Gasteiger partial charge on any atom is 0.305 e. The number of carbonyl (C=O) groups is 3. The number of hydrogen-bond acceptors (Lipinski definition) is 5. The summed E-state index contributed by atoms with van der Waals surface area (Å²) in [6.45, 7) is 7.34. The quantitative estimate of drug-likeness (QED) is 0.306. The van der Waals surface area contributed by atoms with Crippen LogP contribution in [-0.2, 0) is 38.6 Å². The molecule has 1 unspecified atom stereocenters. The summed E-state index contributed by atoms with van der Waals surface area (Å²) in [5, 5.41) is 3.43. The lowest BCUT2D eigenvalue weighted by atomic mass is 9.87. The summed E-state index contributed by atoms with van der Waals surface area (Å²) in [7, 11) is 0. The number of rotatable bonds is 14. The van der Waals surface area contributed by atoms with E-state index in [1.807, 2.05) is 0 Å². The average molecular weight is 486 g/mol. The van der Waals surface area contributed by atoms with Crippen LogP contribution in [0.2, 0.25) is 0 Å². The van der Waals surface area contributed by atoms with Crippen LogP contribution < -0.4 is 11.1 Å². The van der Waals surface area contributed by atoms with E-state index in [4.69, 9.17) is 10.5 Å². The van der Waals surface area contributed by atoms with Crippen molar-refractivity contribution < 1.29 is 19.1 Å². The molecule has 2 heterocycles. The average Bonchev–Trinajstić information content (AvgIpc) is 3.50. The van der Waals surface area contributed by atoms with E-state index >= 15 is 0 Å². The Bertz CT molecular complexity index is 883. The number of esters is 1. The van der Waals surface area contributed by atoms with E-state index in [2.05, 4.69) is 37.4 Å². The molecule has 7 nitrogen and oxygen atoms in total.